The van der Waals surface area contributed by atoms with Gasteiger partial charge >= 0.3 is 0 Å². The lowest BCUT2D eigenvalue weighted by atomic mass is 10.1. The summed E-state index contributed by atoms with van der Waals surface area (Å²) in [6.45, 7) is 4.72. The van der Waals surface area contributed by atoms with Crippen molar-refractivity contribution in [3.05, 3.63) is 75.6 Å². The van der Waals surface area contributed by atoms with Gasteiger partial charge in [0, 0.05) is 16.0 Å². The molecule has 0 aliphatic carbocycles. The second kappa shape index (κ2) is 7.64. The fourth-order valence-electron chi connectivity index (χ4n) is 2.21. The molecule has 0 spiro atoms. The van der Waals surface area contributed by atoms with Crippen LogP contribution in [0.1, 0.15) is 26.4 Å². The molecular weight excluding hydrogens is 336 g/mol. The first kappa shape index (κ1) is 16.7. The van der Waals surface area contributed by atoms with E-state index in [-0.39, 0.29) is 5.91 Å². The van der Waals surface area contributed by atoms with Crippen molar-refractivity contribution in [1.29, 1.82) is 0 Å². The van der Waals surface area contributed by atoms with E-state index in [1.54, 1.807) is 23.6 Å². The average molecular weight is 355 g/mol. The van der Waals surface area contributed by atoms with E-state index in [0.717, 1.165) is 14.8 Å². The van der Waals surface area contributed by atoms with Gasteiger partial charge in [-0.25, -0.2) is 4.98 Å². The molecule has 0 aliphatic rings. The highest BCUT2D eigenvalue weighted by Gasteiger charge is 2.13. The molecule has 3 nitrogen and oxygen atoms in total. The predicted octanol–water partition coefficient (Wildman–Crippen LogP) is 4.84. The highest BCUT2D eigenvalue weighted by Crippen LogP contribution is 2.30. The van der Waals surface area contributed by atoms with Gasteiger partial charge in [-0.1, -0.05) is 23.9 Å². The molecule has 5 heteroatoms. The Morgan fingerprint density at radius 2 is 2.04 bits per heavy atom. The van der Waals surface area contributed by atoms with Crippen LogP contribution in [-0.4, -0.2) is 10.9 Å². The van der Waals surface area contributed by atoms with Gasteiger partial charge in [0.15, 0.2) is 0 Å². The van der Waals surface area contributed by atoms with Crippen molar-refractivity contribution in [3.8, 4) is 0 Å². The van der Waals surface area contributed by atoms with Crippen molar-refractivity contribution in [2.24, 2.45) is 0 Å². The third-order valence-corrected chi connectivity index (χ3v) is 5.60. The Balaban J connectivity index is 1.76. The molecule has 0 saturated heterocycles. The van der Waals surface area contributed by atoms with E-state index < -0.39 is 0 Å². The zero-order chi connectivity index (χ0) is 16.9. The second-order valence-corrected chi connectivity index (χ2v) is 7.56. The Morgan fingerprint density at radius 3 is 2.79 bits per heavy atom. The van der Waals surface area contributed by atoms with Gasteiger partial charge in [-0.2, -0.15) is 0 Å². The molecule has 1 N–H and O–H groups in total. The van der Waals surface area contributed by atoms with Crippen LogP contribution in [0, 0.1) is 13.8 Å². The van der Waals surface area contributed by atoms with Crippen molar-refractivity contribution >= 4 is 29.0 Å². The molecule has 0 bridgehead atoms. The third-order valence-electron chi connectivity index (χ3n) is 3.71. The number of nitrogens with one attached hydrogen (secondary N) is 1. The third kappa shape index (κ3) is 4.04. The van der Waals surface area contributed by atoms with Gasteiger partial charge in [0.05, 0.1) is 12.1 Å². The monoisotopic (exact) mass is 354 g/mol. The van der Waals surface area contributed by atoms with Crippen molar-refractivity contribution in [1.82, 2.24) is 10.3 Å². The Hall–Kier alpha value is -2.11. The largest absolute Gasteiger partial charge is 0.347 e. The number of thiophene rings is 1. The summed E-state index contributed by atoms with van der Waals surface area (Å²) in [5.41, 5.74) is 3.10. The van der Waals surface area contributed by atoms with Gasteiger partial charge in [-0.3, -0.25) is 4.79 Å². The smallest absolute Gasteiger partial charge is 0.254 e. The number of hydrogen-bond donors (Lipinski definition) is 1. The molecule has 0 atom stereocenters. The SMILES string of the molecule is Cc1ccc(Sc2ncccc2C(=O)NCc2cccs2)cc1C. The number of amides is 1. The summed E-state index contributed by atoms with van der Waals surface area (Å²) in [5.74, 6) is -0.0946. The lowest BCUT2D eigenvalue weighted by Crippen LogP contribution is -2.23. The Labute approximate surface area is 150 Å². The Morgan fingerprint density at radius 1 is 1.17 bits per heavy atom. The fourth-order valence-corrected chi connectivity index (χ4v) is 3.83. The molecule has 0 unspecified atom stereocenters. The fraction of sp³-hybridized carbons (Fsp3) is 0.158. The number of rotatable bonds is 5. The minimum Gasteiger partial charge on any atom is -0.347 e. The van der Waals surface area contributed by atoms with Gasteiger partial charge in [-0.05, 0) is 60.7 Å². The first-order valence-corrected chi connectivity index (χ1v) is 9.34. The average Bonchev–Trinajstić information content (AvgIpc) is 3.10. The van der Waals surface area contributed by atoms with Gasteiger partial charge in [-0.15, -0.1) is 11.3 Å². The molecule has 3 aromatic rings. The van der Waals surface area contributed by atoms with Crippen LogP contribution >= 0.6 is 23.1 Å². The van der Waals surface area contributed by atoms with Crippen LogP contribution in [-0.2, 0) is 6.54 Å². The minimum absolute atomic E-state index is 0.0946. The normalized spacial score (nSPS) is 10.6. The molecule has 1 aromatic carbocycles. The van der Waals surface area contributed by atoms with Crippen LogP contribution in [0.4, 0.5) is 0 Å². The first-order valence-electron chi connectivity index (χ1n) is 7.64. The molecule has 0 aliphatic heterocycles. The lowest BCUT2D eigenvalue weighted by Gasteiger charge is -2.09. The maximum Gasteiger partial charge on any atom is 0.254 e. The molecular formula is C19H18N2OS2. The molecule has 1 amide bonds. The number of hydrogen-bond acceptors (Lipinski definition) is 4. The topological polar surface area (TPSA) is 42.0 Å². The van der Waals surface area contributed by atoms with Crippen LogP contribution in [0.5, 0.6) is 0 Å². The first-order chi connectivity index (χ1) is 11.6. The summed E-state index contributed by atoms with van der Waals surface area (Å²) < 4.78 is 0. The van der Waals surface area contributed by atoms with Crippen LogP contribution < -0.4 is 5.32 Å². The van der Waals surface area contributed by atoms with Crippen LogP contribution in [0.25, 0.3) is 0 Å². The second-order valence-electron chi connectivity index (χ2n) is 5.47. The number of aromatic nitrogens is 1. The van der Waals surface area contributed by atoms with Crippen LogP contribution in [0.15, 0.2) is 64.0 Å². The zero-order valence-corrected chi connectivity index (χ0v) is 15.2. The predicted molar refractivity (Wildman–Crippen MR) is 99.8 cm³/mol. The zero-order valence-electron chi connectivity index (χ0n) is 13.6. The Bertz CT molecular complexity index is 844. The molecule has 0 radical (unpaired) electrons. The number of aryl methyl sites for hydroxylation is 2. The quantitative estimate of drug-likeness (QED) is 0.713. The van der Waals surface area contributed by atoms with Crippen LogP contribution in [0.3, 0.4) is 0 Å². The summed E-state index contributed by atoms with van der Waals surface area (Å²) in [5, 5.41) is 5.70. The Kier molecular flexibility index (Phi) is 5.33. The molecule has 0 fully saturated rings. The van der Waals surface area contributed by atoms with E-state index in [1.165, 1.54) is 22.9 Å². The lowest BCUT2D eigenvalue weighted by molar-refractivity contribution is 0.0947. The number of pyridine rings is 1. The van der Waals surface area contributed by atoms with Gasteiger partial charge in [0.2, 0.25) is 0 Å². The van der Waals surface area contributed by atoms with Gasteiger partial charge in [0.1, 0.15) is 5.03 Å². The molecule has 122 valence electrons. The number of nitrogens with zero attached hydrogens (tertiary/aromatic N) is 1. The van der Waals surface area contributed by atoms with E-state index in [9.17, 15) is 4.79 Å². The minimum atomic E-state index is -0.0946. The van der Waals surface area contributed by atoms with Crippen molar-refractivity contribution in [2.75, 3.05) is 0 Å². The van der Waals surface area contributed by atoms with Crippen LogP contribution in [0.2, 0.25) is 0 Å². The maximum atomic E-state index is 12.5. The van der Waals surface area contributed by atoms with E-state index in [2.05, 4.69) is 42.3 Å². The standard InChI is InChI=1S/C19H18N2OS2/c1-13-7-8-15(11-14(13)2)24-19-17(6-3-9-20-19)18(22)21-12-16-5-4-10-23-16/h3-11H,12H2,1-2H3,(H,21,22). The summed E-state index contributed by atoms with van der Waals surface area (Å²) in [6, 6.07) is 13.9. The van der Waals surface area contributed by atoms with Crippen molar-refractivity contribution < 1.29 is 4.79 Å². The van der Waals surface area contributed by atoms with Crippen molar-refractivity contribution in [3.63, 3.8) is 0 Å². The summed E-state index contributed by atoms with van der Waals surface area (Å²) in [7, 11) is 0. The highest BCUT2D eigenvalue weighted by molar-refractivity contribution is 7.99. The van der Waals surface area contributed by atoms with E-state index in [4.69, 9.17) is 0 Å². The summed E-state index contributed by atoms with van der Waals surface area (Å²) >= 11 is 3.15. The van der Waals surface area contributed by atoms with Gasteiger partial charge in [0.25, 0.3) is 5.91 Å². The van der Waals surface area contributed by atoms with E-state index in [0.29, 0.717) is 12.1 Å². The van der Waals surface area contributed by atoms with E-state index in [1.807, 2.05) is 23.6 Å². The molecule has 2 heterocycles. The number of carbonyl (C=O) groups is 1. The molecule has 2 aromatic heterocycles. The van der Waals surface area contributed by atoms with E-state index >= 15 is 0 Å². The summed E-state index contributed by atoms with van der Waals surface area (Å²) in [4.78, 5) is 19.1. The summed E-state index contributed by atoms with van der Waals surface area (Å²) in [6.07, 6.45) is 1.72. The molecule has 0 saturated carbocycles. The van der Waals surface area contributed by atoms with Gasteiger partial charge < -0.3 is 5.32 Å². The molecule has 24 heavy (non-hydrogen) atoms. The highest BCUT2D eigenvalue weighted by atomic mass is 32.2. The maximum absolute atomic E-state index is 12.5. The molecule has 3 rings (SSSR count). The number of carbonyl (C=O) groups excluding carboxylic acids is 1. The number of benzene rings is 1. The van der Waals surface area contributed by atoms with Crippen molar-refractivity contribution in [2.45, 2.75) is 30.3 Å².